The Hall–Kier alpha value is -1.49. The van der Waals surface area contributed by atoms with E-state index in [1.165, 1.54) is 25.8 Å². The van der Waals surface area contributed by atoms with Gasteiger partial charge in [0.15, 0.2) is 5.96 Å². The van der Waals surface area contributed by atoms with Crippen LogP contribution >= 0.6 is 0 Å². The second kappa shape index (κ2) is 5.65. The van der Waals surface area contributed by atoms with Crippen LogP contribution in [0, 0.1) is 0 Å². The van der Waals surface area contributed by atoms with Gasteiger partial charge in [0.25, 0.3) is 0 Å². The summed E-state index contributed by atoms with van der Waals surface area (Å²) in [7, 11) is 1.81. The van der Waals surface area contributed by atoms with Crippen LogP contribution in [0.5, 0.6) is 0 Å². The zero-order valence-corrected chi connectivity index (χ0v) is 11.4. The fraction of sp³-hybridized carbons (Fsp3) is 0.643. The maximum Gasteiger partial charge on any atom is 0.191 e. The zero-order chi connectivity index (χ0) is 13.1. The van der Waals surface area contributed by atoms with E-state index in [2.05, 4.69) is 20.5 Å². The van der Waals surface area contributed by atoms with Gasteiger partial charge in [-0.3, -0.25) is 9.89 Å². The molecule has 104 valence electrons. The van der Waals surface area contributed by atoms with E-state index in [4.69, 9.17) is 4.42 Å². The lowest BCUT2D eigenvalue weighted by Crippen LogP contribution is -2.44. The van der Waals surface area contributed by atoms with Gasteiger partial charge in [-0.1, -0.05) is 0 Å². The molecule has 5 nitrogen and oxygen atoms in total. The summed E-state index contributed by atoms with van der Waals surface area (Å²) in [5.41, 5.74) is 0. The average Bonchev–Trinajstić information content (AvgIpc) is 2.96. The third-order valence-electron chi connectivity index (χ3n) is 3.86. The predicted molar refractivity (Wildman–Crippen MR) is 75.0 cm³/mol. The van der Waals surface area contributed by atoms with Crippen LogP contribution in [0.4, 0.5) is 0 Å². The number of rotatable bonds is 4. The van der Waals surface area contributed by atoms with Gasteiger partial charge in [0, 0.05) is 32.2 Å². The highest BCUT2D eigenvalue weighted by molar-refractivity contribution is 5.79. The van der Waals surface area contributed by atoms with Crippen molar-refractivity contribution in [2.24, 2.45) is 4.99 Å². The van der Waals surface area contributed by atoms with Crippen LogP contribution in [0.25, 0.3) is 0 Å². The Bertz CT molecular complexity index is 425. The first-order valence-electron chi connectivity index (χ1n) is 7.09. The van der Waals surface area contributed by atoms with Crippen LogP contribution in [0.15, 0.2) is 27.8 Å². The number of aliphatic imine (C=N–C) groups is 1. The molecule has 2 fully saturated rings. The molecule has 0 amide bonds. The number of hydrogen-bond acceptors (Lipinski definition) is 3. The summed E-state index contributed by atoms with van der Waals surface area (Å²) >= 11 is 0. The van der Waals surface area contributed by atoms with Gasteiger partial charge in [-0.15, -0.1) is 0 Å². The lowest BCUT2D eigenvalue weighted by molar-refractivity contribution is 0.321. The van der Waals surface area contributed by atoms with E-state index in [1.807, 2.05) is 19.2 Å². The second-order valence-electron chi connectivity index (χ2n) is 5.36. The average molecular weight is 262 g/mol. The van der Waals surface area contributed by atoms with Gasteiger partial charge < -0.3 is 15.1 Å². The molecule has 2 heterocycles. The van der Waals surface area contributed by atoms with Crippen LogP contribution in [0.3, 0.4) is 0 Å². The Morgan fingerprint density at radius 3 is 3.05 bits per heavy atom. The molecule has 19 heavy (non-hydrogen) atoms. The Labute approximate surface area is 114 Å². The minimum atomic E-state index is 0.517. The van der Waals surface area contributed by atoms with Crippen LogP contribution in [-0.2, 0) is 6.54 Å². The molecule has 5 heteroatoms. The van der Waals surface area contributed by atoms with Crippen molar-refractivity contribution in [3.05, 3.63) is 24.2 Å². The van der Waals surface area contributed by atoms with Crippen molar-refractivity contribution in [3.63, 3.8) is 0 Å². The lowest BCUT2D eigenvalue weighted by Gasteiger charge is -2.18. The molecular weight excluding hydrogens is 240 g/mol. The van der Waals surface area contributed by atoms with E-state index >= 15 is 0 Å². The fourth-order valence-corrected chi connectivity index (χ4v) is 2.65. The van der Waals surface area contributed by atoms with E-state index in [1.54, 1.807) is 6.26 Å². The summed E-state index contributed by atoms with van der Waals surface area (Å²) in [6.07, 6.45) is 5.67. The zero-order valence-electron chi connectivity index (χ0n) is 11.4. The Morgan fingerprint density at radius 1 is 1.47 bits per heavy atom. The van der Waals surface area contributed by atoms with Gasteiger partial charge in [0.1, 0.15) is 5.76 Å². The molecule has 3 rings (SSSR count). The highest BCUT2D eigenvalue weighted by Gasteiger charge is 2.34. The van der Waals surface area contributed by atoms with Gasteiger partial charge in [0.2, 0.25) is 0 Å². The number of likely N-dealkylation sites (tertiary alicyclic amines) is 1. The third kappa shape index (κ3) is 3.29. The first-order chi connectivity index (χ1) is 9.35. The fourth-order valence-electron chi connectivity index (χ4n) is 2.65. The van der Waals surface area contributed by atoms with Crippen LogP contribution in [0.1, 0.15) is 25.0 Å². The Morgan fingerprint density at radius 2 is 2.37 bits per heavy atom. The molecule has 0 bridgehead atoms. The topological polar surface area (TPSA) is 52.8 Å². The molecule has 1 saturated heterocycles. The van der Waals surface area contributed by atoms with Gasteiger partial charge in [-0.25, -0.2) is 0 Å². The van der Waals surface area contributed by atoms with Gasteiger partial charge >= 0.3 is 0 Å². The number of nitrogens with one attached hydrogen (secondary N) is 2. The van der Waals surface area contributed by atoms with E-state index in [0.717, 1.165) is 24.3 Å². The number of furan rings is 1. The third-order valence-corrected chi connectivity index (χ3v) is 3.86. The maximum atomic E-state index is 5.30. The molecule has 1 aromatic rings. The summed E-state index contributed by atoms with van der Waals surface area (Å²) in [5, 5.41) is 6.78. The molecule has 0 spiro atoms. The number of guanidine groups is 1. The van der Waals surface area contributed by atoms with Crippen molar-refractivity contribution < 1.29 is 4.42 Å². The maximum absolute atomic E-state index is 5.30. The summed E-state index contributed by atoms with van der Waals surface area (Å²) in [6.45, 7) is 3.04. The van der Waals surface area contributed by atoms with Crippen molar-refractivity contribution in [1.29, 1.82) is 0 Å². The minimum absolute atomic E-state index is 0.517. The SMILES string of the molecule is CN=C(NCc1ccco1)NC1CCN(C2CC2)C1. The molecule has 1 atom stereocenters. The standard InChI is InChI=1S/C14H22N4O/c1-15-14(16-9-13-3-2-8-19-13)17-11-6-7-18(10-11)12-4-5-12/h2-3,8,11-12H,4-7,9-10H2,1H3,(H2,15,16,17). The quantitative estimate of drug-likeness (QED) is 0.632. The highest BCUT2D eigenvalue weighted by Crippen LogP contribution is 2.29. The van der Waals surface area contributed by atoms with Gasteiger partial charge in [-0.2, -0.15) is 0 Å². The summed E-state index contributed by atoms with van der Waals surface area (Å²) < 4.78 is 5.30. The molecule has 1 aromatic heterocycles. The lowest BCUT2D eigenvalue weighted by atomic mass is 10.3. The second-order valence-corrected chi connectivity index (χ2v) is 5.36. The first kappa shape index (κ1) is 12.5. The van der Waals surface area contributed by atoms with Crippen LogP contribution in [0.2, 0.25) is 0 Å². The van der Waals surface area contributed by atoms with Crippen LogP contribution in [-0.4, -0.2) is 43.1 Å². The van der Waals surface area contributed by atoms with E-state index in [9.17, 15) is 0 Å². The summed E-state index contributed by atoms with van der Waals surface area (Å²) in [5.74, 6) is 1.79. The molecule has 2 aliphatic rings. The molecule has 0 aromatic carbocycles. The molecule has 1 aliphatic carbocycles. The number of nitrogens with zero attached hydrogens (tertiary/aromatic N) is 2. The predicted octanol–water partition coefficient (Wildman–Crippen LogP) is 1.18. The van der Waals surface area contributed by atoms with E-state index in [0.29, 0.717) is 12.6 Å². The Kier molecular flexibility index (Phi) is 3.73. The minimum Gasteiger partial charge on any atom is -0.467 e. The monoisotopic (exact) mass is 262 g/mol. The van der Waals surface area contributed by atoms with Gasteiger partial charge in [0.05, 0.1) is 12.8 Å². The normalized spacial score (nSPS) is 24.7. The molecule has 1 aliphatic heterocycles. The molecule has 1 unspecified atom stereocenters. The van der Waals surface area contributed by atoms with Crippen molar-refractivity contribution in [2.75, 3.05) is 20.1 Å². The number of hydrogen-bond donors (Lipinski definition) is 2. The largest absolute Gasteiger partial charge is 0.467 e. The Balaban J connectivity index is 1.44. The highest BCUT2D eigenvalue weighted by atomic mass is 16.3. The van der Waals surface area contributed by atoms with E-state index < -0.39 is 0 Å². The van der Waals surface area contributed by atoms with Crippen molar-refractivity contribution in [3.8, 4) is 0 Å². The van der Waals surface area contributed by atoms with Crippen LogP contribution < -0.4 is 10.6 Å². The molecule has 2 N–H and O–H groups in total. The van der Waals surface area contributed by atoms with Crippen molar-refractivity contribution >= 4 is 5.96 Å². The first-order valence-corrected chi connectivity index (χ1v) is 7.09. The molecule has 0 radical (unpaired) electrons. The van der Waals surface area contributed by atoms with Gasteiger partial charge in [-0.05, 0) is 31.4 Å². The van der Waals surface area contributed by atoms with E-state index in [-0.39, 0.29) is 0 Å². The molecule has 1 saturated carbocycles. The smallest absolute Gasteiger partial charge is 0.191 e. The van der Waals surface area contributed by atoms with Crippen molar-refractivity contribution in [1.82, 2.24) is 15.5 Å². The summed E-state index contributed by atoms with van der Waals surface area (Å²) in [4.78, 5) is 6.87. The molecular formula is C14H22N4O. The summed E-state index contributed by atoms with van der Waals surface area (Å²) in [6, 6.07) is 5.25. The van der Waals surface area contributed by atoms with Crippen molar-refractivity contribution in [2.45, 2.75) is 37.9 Å².